The van der Waals surface area contributed by atoms with Gasteiger partial charge in [0.05, 0.1) is 13.2 Å². The van der Waals surface area contributed by atoms with Crippen LogP contribution in [0.4, 0.5) is 23.1 Å². The number of morpholine rings is 1. The van der Waals surface area contributed by atoms with Crippen LogP contribution in [0, 0.1) is 0 Å². The Labute approximate surface area is 127 Å². The van der Waals surface area contributed by atoms with Crippen LogP contribution in [0.5, 0.6) is 0 Å². The molecule has 0 amide bonds. The SMILES string of the molecule is Nc1nc(Cl)cc(Nc2ccc(N3CCOCC3)cc2)n1. The maximum absolute atomic E-state index is 5.85. The van der Waals surface area contributed by atoms with Crippen molar-refractivity contribution in [2.45, 2.75) is 0 Å². The van der Waals surface area contributed by atoms with Crippen molar-refractivity contribution < 1.29 is 4.74 Å². The number of rotatable bonds is 3. The van der Waals surface area contributed by atoms with Crippen molar-refractivity contribution in [2.24, 2.45) is 0 Å². The summed E-state index contributed by atoms with van der Waals surface area (Å²) in [5, 5.41) is 3.47. The summed E-state index contributed by atoms with van der Waals surface area (Å²) < 4.78 is 5.35. The van der Waals surface area contributed by atoms with Gasteiger partial charge in [-0.2, -0.15) is 4.98 Å². The fourth-order valence-corrected chi connectivity index (χ4v) is 2.41. The van der Waals surface area contributed by atoms with Gasteiger partial charge >= 0.3 is 0 Å². The molecule has 110 valence electrons. The molecule has 7 heteroatoms. The van der Waals surface area contributed by atoms with Crippen molar-refractivity contribution in [3.63, 3.8) is 0 Å². The first-order valence-electron chi connectivity index (χ1n) is 6.70. The average Bonchev–Trinajstić information content (AvgIpc) is 2.48. The van der Waals surface area contributed by atoms with Gasteiger partial charge in [-0.3, -0.25) is 0 Å². The normalized spacial score (nSPS) is 15.0. The first-order chi connectivity index (χ1) is 10.2. The van der Waals surface area contributed by atoms with E-state index >= 15 is 0 Å². The lowest BCUT2D eigenvalue weighted by Crippen LogP contribution is -2.36. The number of benzene rings is 1. The van der Waals surface area contributed by atoms with Crippen molar-refractivity contribution in [1.29, 1.82) is 0 Å². The smallest absolute Gasteiger partial charge is 0.223 e. The summed E-state index contributed by atoms with van der Waals surface area (Å²) in [6.45, 7) is 3.40. The number of ether oxygens (including phenoxy) is 1. The zero-order chi connectivity index (χ0) is 14.7. The van der Waals surface area contributed by atoms with Crippen LogP contribution in [0.3, 0.4) is 0 Å². The molecule has 2 aromatic rings. The van der Waals surface area contributed by atoms with E-state index in [1.165, 1.54) is 5.69 Å². The average molecular weight is 306 g/mol. The van der Waals surface area contributed by atoms with Crippen molar-refractivity contribution in [1.82, 2.24) is 9.97 Å². The summed E-state index contributed by atoms with van der Waals surface area (Å²) in [7, 11) is 0. The summed E-state index contributed by atoms with van der Waals surface area (Å²) in [5.41, 5.74) is 7.67. The standard InChI is InChI=1S/C14H16ClN5O/c15-12-9-13(19-14(16)18-12)17-10-1-3-11(4-2-10)20-5-7-21-8-6-20/h1-4,9H,5-8H2,(H3,16,17,18,19). The number of aromatic nitrogens is 2. The van der Waals surface area contributed by atoms with Crippen LogP contribution >= 0.6 is 11.6 Å². The summed E-state index contributed by atoms with van der Waals surface area (Å²) in [5.74, 6) is 0.724. The molecule has 3 rings (SSSR count). The summed E-state index contributed by atoms with van der Waals surface area (Å²) in [6, 6.07) is 9.77. The van der Waals surface area contributed by atoms with E-state index in [9.17, 15) is 0 Å². The molecule has 1 aromatic carbocycles. The Morgan fingerprint density at radius 2 is 1.86 bits per heavy atom. The van der Waals surface area contributed by atoms with E-state index in [1.54, 1.807) is 6.07 Å². The molecule has 3 N–H and O–H groups in total. The van der Waals surface area contributed by atoms with Crippen LogP contribution in [-0.2, 0) is 4.74 Å². The number of nitrogen functional groups attached to an aromatic ring is 1. The highest BCUT2D eigenvalue weighted by molar-refractivity contribution is 6.29. The molecule has 21 heavy (non-hydrogen) atoms. The fourth-order valence-electron chi connectivity index (χ4n) is 2.22. The second-order valence-electron chi connectivity index (χ2n) is 4.71. The minimum absolute atomic E-state index is 0.148. The Morgan fingerprint density at radius 3 is 2.52 bits per heavy atom. The fraction of sp³-hybridized carbons (Fsp3) is 0.286. The van der Waals surface area contributed by atoms with Crippen molar-refractivity contribution in [3.05, 3.63) is 35.5 Å². The van der Waals surface area contributed by atoms with Crippen LogP contribution in [0.2, 0.25) is 5.15 Å². The van der Waals surface area contributed by atoms with E-state index in [-0.39, 0.29) is 5.95 Å². The Hall–Kier alpha value is -2.05. The third-order valence-electron chi connectivity index (χ3n) is 3.23. The van der Waals surface area contributed by atoms with E-state index < -0.39 is 0 Å². The monoisotopic (exact) mass is 305 g/mol. The summed E-state index contributed by atoms with van der Waals surface area (Å²) in [6.07, 6.45) is 0. The Balaban J connectivity index is 1.71. The molecule has 0 bridgehead atoms. The Bertz CT molecular complexity index is 593. The van der Waals surface area contributed by atoms with Gasteiger partial charge in [0.25, 0.3) is 0 Å². The second-order valence-corrected chi connectivity index (χ2v) is 5.09. The van der Waals surface area contributed by atoms with Crippen molar-refractivity contribution in [2.75, 3.05) is 42.3 Å². The molecule has 0 saturated carbocycles. The van der Waals surface area contributed by atoms with Crippen LogP contribution < -0.4 is 16.0 Å². The Kier molecular flexibility index (Phi) is 4.08. The zero-order valence-electron chi connectivity index (χ0n) is 11.4. The van der Waals surface area contributed by atoms with Crippen molar-refractivity contribution >= 4 is 34.7 Å². The van der Waals surface area contributed by atoms with Crippen LogP contribution in [0.25, 0.3) is 0 Å². The van der Waals surface area contributed by atoms with E-state index in [1.807, 2.05) is 12.1 Å². The van der Waals surface area contributed by atoms with Gasteiger partial charge in [-0.15, -0.1) is 0 Å². The van der Waals surface area contributed by atoms with E-state index in [0.29, 0.717) is 11.0 Å². The third-order valence-corrected chi connectivity index (χ3v) is 3.42. The summed E-state index contributed by atoms with van der Waals surface area (Å²) in [4.78, 5) is 10.2. The van der Waals surface area contributed by atoms with Gasteiger partial charge in [0.1, 0.15) is 11.0 Å². The topological polar surface area (TPSA) is 76.3 Å². The van der Waals surface area contributed by atoms with Gasteiger partial charge in [0, 0.05) is 30.5 Å². The largest absolute Gasteiger partial charge is 0.378 e. The molecule has 0 atom stereocenters. The Morgan fingerprint density at radius 1 is 1.14 bits per heavy atom. The number of anilines is 4. The molecule has 1 aliphatic rings. The highest BCUT2D eigenvalue weighted by Crippen LogP contribution is 2.22. The minimum atomic E-state index is 0.148. The maximum Gasteiger partial charge on any atom is 0.223 e. The molecule has 1 saturated heterocycles. The number of nitrogens with zero attached hydrogens (tertiary/aromatic N) is 3. The van der Waals surface area contributed by atoms with Crippen LogP contribution in [0.15, 0.2) is 30.3 Å². The number of halogens is 1. The van der Waals surface area contributed by atoms with E-state index in [0.717, 1.165) is 32.0 Å². The maximum atomic E-state index is 5.85. The third kappa shape index (κ3) is 3.53. The van der Waals surface area contributed by atoms with Crippen LogP contribution in [-0.4, -0.2) is 36.3 Å². The second kappa shape index (κ2) is 6.15. The molecule has 1 aliphatic heterocycles. The molecule has 0 spiro atoms. The first-order valence-corrected chi connectivity index (χ1v) is 7.08. The number of nitrogens with one attached hydrogen (secondary N) is 1. The molecular formula is C14H16ClN5O. The van der Waals surface area contributed by atoms with Crippen LogP contribution in [0.1, 0.15) is 0 Å². The molecule has 6 nitrogen and oxygen atoms in total. The molecule has 1 aromatic heterocycles. The number of nitrogens with two attached hydrogens (primary N) is 1. The summed E-state index contributed by atoms with van der Waals surface area (Å²) >= 11 is 5.85. The molecule has 0 unspecified atom stereocenters. The first kappa shape index (κ1) is 13.9. The lowest BCUT2D eigenvalue weighted by molar-refractivity contribution is 0.122. The zero-order valence-corrected chi connectivity index (χ0v) is 12.2. The minimum Gasteiger partial charge on any atom is -0.378 e. The predicted molar refractivity (Wildman–Crippen MR) is 84.2 cm³/mol. The van der Waals surface area contributed by atoms with E-state index in [4.69, 9.17) is 22.1 Å². The van der Waals surface area contributed by atoms with Crippen molar-refractivity contribution in [3.8, 4) is 0 Å². The predicted octanol–water partition coefficient (Wildman–Crippen LogP) is 2.29. The highest BCUT2D eigenvalue weighted by Gasteiger charge is 2.10. The van der Waals surface area contributed by atoms with Gasteiger partial charge in [-0.1, -0.05) is 11.6 Å². The van der Waals surface area contributed by atoms with Gasteiger partial charge in [0.15, 0.2) is 0 Å². The molecule has 0 aliphatic carbocycles. The molecule has 1 fully saturated rings. The quantitative estimate of drug-likeness (QED) is 0.847. The lowest BCUT2D eigenvalue weighted by Gasteiger charge is -2.28. The molecular weight excluding hydrogens is 290 g/mol. The highest BCUT2D eigenvalue weighted by atomic mass is 35.5. The molecule has 0 radical (unpaired) electrons. The van der Waals surface area contributed by atoms with Gasteiger partial charge < -0.3 is 20.7 Å². The van der Waals surface area contributed by atoms with Gasteiger partial charge in [-0.25, -0.2) is 4.98 Å². The van der Waals surface area contributed by atoms with Gasteiger partial charge in [-0.05, 0) is 24.3 Å². The number of hydrogen-bond donors (Lipinski definition) is 2. The van der Waals surface area contributed by atoms with Gasteiger partial charge in [0.2, 0.25) is 5.95 Å². The molecule has 2 heterocycles. The van der Waals surface area contributed by atoms with E-state index in [2.05, 4.69) is 32.3 Å². The number of hydrogen-bond acceptors (Lipinski definition) is 6. The lowest BCUT2D eigenvalue weighted by atomic mass is 10.2.